The SMILES string of the molecule is O=C(N[C@@H]1C=CCC[C@@H]1C(=O)N1CCOC1=O)OCc1ccccc1. The van der Waals surface area contributed by atoms with Gasteiger partial charge in [-0.15, -0.1) is 0 Å². The molecule has 3 rings (SSSR count). The Labute approximate surface area is 145 Å². The van der Waals surface area contributed by atoms with Crippen LogP contribution in [0.2, 0.25) is 0 Å². The summed E-state index contributed by atoms with van der Waals surface area (Å²) in [4.78, 5) is 37.3. The van der Waals surface area contributed by atoms with Gasteiger partial charge >= 0.3 is 12.2 Å². The van der Waals surface area contributed by atoms with Gasteiger partial charge in [0.15, 0.2) is 0 Å². The van der Waals surface area contributed by atoms with Gasteiger partial charge in [0.1, 0.15) is 13.2 Å². The van der Waals surface area contributed by atoms with E-state index in [9.17, 15) is 14.4 Å². The number of nitrogens with zero attached hydrogens (tertiary/aromatic N) is 1. The molecule has 0 saturated carbocycles. The van der Waals surface area contributed by atoms with Crippen LogP contribution in [0.3, 0.4) is 0 Å². The van der Waals surface area contributed by atoms with E-state index in [4.69, 9.17) is 9.47 Å². The van der Waals surface area contributed by atoms with Crippen molar-refractivity contribution >= 4 is 18.1 Å². The van der Waals surface area contributed by atoms with Gasteiger partial charge in [0.2, 0.25) is 5.91 Å². The molecule has 1 saturated heterocycles. The number of ether oxygens (including phenoxy) is 2. The molecule has 0 unspecified atom stereocenters. The molecule has 7 nitrogen and oxygen atoms in total. The summed E-state index contributed by atoms with van der Waals surface area (Å²) in [5, 5.41) is 2.71. The molecule has 0 spiro atoms. The van der Waals surface area contributed by atoms with Crippen molar-refractivity contribution in [3.05, 3.63) is 48.0 Å². The average Bonchev–Trinajstić information content (AvgIpc) is 3.07. The second-order valence-electron chi connectivity index (χ2n) is 5.95. The van der Waals surface area contributed by atoms with Crippen LogP contribution in [0.4, 0.5) is 9.59 Å². The van der Waals surface area contributed by atoms with Gasteiger partial charge in [0.25, 0.3) is 0 Å². The zero-order chi connectivity index (χ0) is 17.6. The van der Waals surface area contributed by atoms with Gasteiger partial charge in [-0.1, -0.05) is 42.5 Å². The van der Waals surface area contributed by atoms with Crippen LogP contribution < -0.4 is 5.32 Å². The molecule has 1 aromatic rings. The van der Waals surface area contributed by atoms with Crippen molar-refractivity contribution in [2.75, 3.05) is 13.2 Å². The van der Waals surface area contributed by atoms with Crippen LogP contribution in [-0.2, 0) is 20.9 Å². The first kappa shape index (κ1) is 17.0. The number of benzene rings is 1. The molecule has 132 valence electrons. The zero-order valence-electron chi connectivity index (χ0n) is 13.7. The lowest BCUT2D eigenvalue weighted by molar-refractivity contribution is -0.132. The lowest BCUT2D eigenvalue weighted by atomic mass is 9.88. The Morgan fingerprint density at radius 1 is 1.28 bits per heavy atom. The Balaban J connectivity index is 1.58. The first-order chi connectivity index (χ1) is 12.1. The molecular formula is C18H20N2O5. The second-order valence-corrected chi connectivity index (χ2v) is 5.95. The third-order valence-electron chi connectivity index (χ3n) is 4.26. The van der Waals surface area contributed by atoms with Crippen LogP contribution in [0.5, 0.6) is 0 Å². The fourth-order valence-corrected chi connectivity index (χ4v) is 2.95. The Bertz CT molecular complexity index is 673. The number of cyclic esters (lactones) is 1. The highest BCUT2D eigenvalue weighted by atomic mass is 16.6. The van der Waals surface area contributed by atoms with Crippen LogP contribution in [0.15, 0.2) is 42.5 Å². The minimum absolute atomic E-state index is 0.153. The van der Waals surface area contributed by atoms with Gasteiger partial charge in [0, 0.05) is 0 Å². The van der Waals surface area contributed by atoms with E-state index in [-0.39, 0.29) is 25.7 Å². The van der Waals surface area contributed by atoms with E-state index in [1.807, 2.05) is 36.4 Å². The maximum absolute atomic E-state index is 12.6. The molecule has 0 radical (unpaired) electrons. The molecule has 7 heteroatoms. The Kier molecular flexibility index (Phi) is 5.33. The predicted molar refractivity (Wildman–Crippen MR) is 88.5 cm³/mol. The first-order valence-corrected chi connectivity index (χ1v) is 8.27. The van der Waals surface area contributed by atoms with Gasteiger partial charge < -0.3 is 14.8 Å². The minimum atomic E-state index is -0.620. The molecule has 2 aliphatic rings. The Morgan fingerprint density at radius 3 is 2.80 bits per heavy atom. The fourth-order valence-electron chi connectivity index (χ4n) is 2.95. The number of imide groups is 1. The second kappa shape index (κ2) is 7.83. The van der Waals surface area contributed by atoms with E-state index in [1.54, 1.807) is 6.08 Å². The predicted octanol–water partition coefficient (Wildman–Crippen LogP) is 2.23. The Hall–Kier alpha value is -2.83. The zero-order valence-corrected chi connectivity index (χ0v) is 13.7. The molecule has 1 N–H and O–H groups in total. The van der Waals surface area contributed by atoms with Crippen molar-refractivity contribution in [1.82, 2.24) is 10.2 Å². The fraction of sp³-hybridized carbons (Fsp3) is 0.389. The number of hydrogen-bond acceptors (Lipinski definition) is 5. The summed E-state index contributed by atoms with van der Waals surface area (Å²) >= 11 is 0. The van der Waals surface area contributed by atoms with Gasteiger partial charge in [-0.25, -0.2) is 14.5 Å². The summed E-state index contributed by atoms with van der Waals surface area (Å²) in [5.74, 6) is -0.819. The lowest BCUT2D eigenvalue weighted by Crippen LogP contribution is -2.48. The van der Waals surface area contributed by atoms with Crippen LogP contribution in [0.25, 0.3) is 0 Å². The number of alkyl carbamates (subject to hydrolysis) is 1. The normalized spacial score (nSPS) is 22.4. The summed E-state index contributed by atoms with van der Waals surface area (Å²) in [7, 11) is 0. The monoisotopic (exact) mass is 344 g/mol. The number of amides is 3. The van der Waals surface area contributed by atoms with Crippen molar-refractivity contribution in [3.8, 4) is 0 Å². The van der Waals surface area contributed by atoms with Crippen molar-refractivity contribution in [3.63, 3.8) is 0 Å². The maximum atomic E-state index is 12.6. The van der Waals surface area contributed by atoms with E-state index in [0.717, 1.165) is 16.9 Å². The van der Waals surface area contributed by atoms with E-state index in [0.29, 0.717) is 6.42 Å². The minimum Gasteiger partial charge on any atom is -0.447 e. The molecule has 1 aliphatic carbocycles. The highest BCUT2D eigenvalue weighted by molar-refractivity contribution is 5.95. The molecular weight excluding hydrogens is 324 g/mol. The number of hydrogen-bond donors (Lipinski definition) is 1. The summed E-state index contributed by atoms with van der Waals surface area (Å²) in [6, 6.07) is 8.83. The van der Waals surface area contributed by atoms with E-state index in [1.165, 1.54) is 0 Å². The van der Waals surface area contributed by atoms with E-state index >= 15 is 0 Å². The molecule has 0 bridgehead atoms. The standard InChI is InChI=1S/C18H20N2O5/c21-16(20-10-11-24-18(20)23)14-8-4-5-9-15(14)19-17(22)25-12-13-6-2-1-3-7-13/h1-3,5-7,9,14-15H,4,8,10-12H2,(H,19,22)/t14-,15+/m0/s1. The first-order valence-electron chi connectivity index (χ1n) is 8.27. The smallest absolute Gasteiger partial charge is 0.416 e. The van der Waals surface area contributed by atoms with Gasteiger partial charge in [-0.05, 0) is 18.4 Å². The number of rotatable bonds is 4. The van der Waals surface area contributed by atoms with Crippen molar-refractivity contribution in [2.24, 2.45) is 5.92 Å². The molecule has 3 amide bonds. The van der Waals surface area contributed by atoms with Gasteiger partial charge in [-0.3, -0.25) is 4.79 Å². The molecule has 0 aromatic heterocycles. The third-order valence-corrected chi connectivity index (χ3v) is 4.26. The quantitative estimate of drug-likeness (QED) is 0.847. The maximum Gasteiger partial charge on any atom is 0.416 e. The van der Waals surface area contributed by atoms with Crippen LogP contribution in [0.1, 0.15) is 18.4 Å². The summed E-state index contributed by atoms with van der Waals surface area (Å²) in [6.07, 6.45) is 3.75. The molecule has 2 atom stereocenters. The highest BCUT2D eigenvalue weighted by Crippen LogP contribution is 2.23. The molecule has 25 heavy (non-hydrogen) atoms. The van der Waals surface area contributed by atoms with Crippen molar-refractivity contribution in [2.45, 2.75) is 25.5 Å². The van der Waals surface area contributed by atoms with E-state index < -0.39 is 24.1 Å². The van der Waals surface area contributed by atoms with Gasteiger partial charge in [0.05, 0.1) is 18.5 Å². The summed E-state index contributed by atoms with van der Waals surface area (Å²) in [6.45, 7) is 0.619. The number of carbonyl (C=O) groups excluding carboxylic acids is 3. The molecule has 1 aromatic carbocycles. The van der Waals surface area contributed by atoms with E-state index in [2.05, 4.69) is 5.32 Å². The van der Waals surface area contributed by atoms with Crippen LogP contribution in [-0.4, -0.2) is 42.2 Å². The van der Waals surface area contributed by atoms with Crippen molar-refractivity contribution < 1.29 is 23.9 Å². The molecule has 1 aliphatic heterocycles. The average molecular weight is 344 g/mol. The number of carbonyl (C=O) groups is 3. The van der Waals surface area contributed by atoms with Crippen molar-refractivity contribution in [1.29, 1.82) is 0 Å². The number of nitrogens with one attached hydrogen (secondary N) is 1. The largest absolute Gasteiger partial charge is 0.447 e. The van der Waals surface area contributed by atoms with Crippen LogP contribution in [0, 0.1) is 5.92 Å². The summed E-state index contributed by atoms with van der Waals surface area (Å²) in [5.41, 5.74) is 0.879. The molecule has 1 heterocycles. The summed E-state index contributed by atoms with van der Waals surface area (Å²) < 4.78 is 10.0. The third kappa shape index (κ3) is 4.17. The van der Waals surface area contributed by atoms with Crippen LogP contribution >= 0.6 is 0 Å². The number of allylic oxidation sites excluding steroid dienone is 1. The molecule has 1 fully saturated rings. The lowest BCUT2D eigenvalue weighted by Gasteiger charge is -2.29. The van der Waals surface area contributed by atoms with Gasteiger partial charge in [-0.2, -0.15) is 0 Å². The Morgan fingerprint density at radius 2 is 2.08 bits per heavy atom. The topological polar surface area (TPSA) is 84.9 Å². The highest BCUT2D eigenvalue weighted by Gasteiger charge is 2.38.